The number of aryl methyl sites for hydroxylation is 1. The van der Waals surface area contributed by atoms with Crippen LogP contribution in [0.25, 0.3) is 0 Å². The predicted octanol–water partition coefficient (Wildman–Crippen LogP) is 4.07. The van der Waals surface area contributed by atoms with E-state index >= 15 is 0 Å². The van der Waals surface area contributed by atoms with Gasteiger partial charge in [-0.1, -0.05) is 23.7 Å². The molecule has 23 heavy (non-hydrogen) atoms. The van der Waals surface area contributed by atoms with Crippen LogP contribution in [0.5, 0.6) is 0 Å². The number of nitrogens with zero attached hydrogens (tertiary/aromatic N) is 1. The number of pyridine rings is 1. The molecule has 1 N–H and O–H groups in total. The summed E-state index contributed by atoms with van der Waals surface area (Å²) in [6, 6.07) is 9.66. The van der Waals surface area contributed by atoms with Gasteiger partial charge in [0.2, 0.25) is 0 Å². The molecule has 0 atom stereocenters. The molecule has 0 aliphatic heterocycles. The van der Waals surface area contributed by atoms with E-state index in [1.54, 1.807) is 0 Å². The number of carbonyl (C=O) groups is 1. The molecule has 1 aliphatic rings. The van der Waals surface area contributed by atoms with E-state index < -0.39 is 0 Å². The van der Waals surface area contributed by atoms with Crippen LogP contribution in [0.3, 0.4) is 0 Å². The van der Waals surface area contributed by atoms with Crippen molar-refractivity contribution in [2.45, 2.75) is 32.6 Å². The third-order valence-electron chi connectivity index (χ3n) is 3.91. The molecular formula is C18H19ClN2O2. The van der Waals surface area contributed by atoms with Crippen molar-refractivity contribution >= 4 is 28.9 Å². The number of benzene rings is 1. The van der Waals surface area contributed by atoms with Crippen LogP contribution in [-0.4, -0.2) is 17.6 Å². The Labute approximate surface area is 140 Å². The number of aromatic nitrogens is 1. The van der Waals surface area contributed by atoms with Crippen LogP contribution in [0.2, 0.25) is 5.15 Å². The Kier molecular flexibility index (Phi) is 4.82. The lowest BCUT2D eigenvalue weighted by Gasteiger charge is -2.12. The van der Waals surface area contributed by atoms with Gasteiger partial charge in [-0.15, -0.1) is 0 Å². The van der Waals surface area contributed by atoms with Gasteiger partial charge >= 0.3 is 5.97 Å². The van der Waals surface area contributed by atoms with Gasteiger partial charge in [0, 0.05) is 17.1 Å². The number of fused-ring (bicyclic) bond motifs is 1. The van der Waals surface area contributed by atoms with Gasteiger partial charge in [-0.05, 0) is 55.5 Å². The number of rotatable bonds is 5. The Balaban J connectivity index is 1.73. The van der Waals surface area contributed by atoms with Crippen molar-refractivity contribution in [2.24, 2.45) is 0 Å². The summed E-state index contributed by atoms with van der Waals surface area (Å²) in [6.07, 6.45) is 3.44. The van der Waals surface area contributed by atoms with Gasteiger partial charge < -0.3 is 10.1 Å². The molecule has 0 bridgehead atoms. The summed E-state index contributed by atoms with van der Waals surface area (Å²) in [5.74, 6) is -0.202. The first-order chi connectivity index (χ1) is 11.2. The molecule has 0 fully saturated rings. The van der Waals surface area contributed by atoms with Gasteiger partial charge in [-0.25, -0.2) is 4.98 Å². The maximum absolute atomic E-state index is 11.5. The van der Waals surface area contributed by atoms with E-state index in [2.05, 4.69) is 10.3 Å². The highest BCUT2D eigenvalue weighted by Crippen LogP contribution is 2.31. The zero-order valence-electron chi connectivity index (χ0n) is 13.1. The molecule has 0 spiro atoms. The van der Waals surface area contributed by atoms with Gasteiger partial charge in [0.15, 0.2) is 0 Å². The smallest absolute Gasteiger partial charge is 0.310 e. The second kappa shape index (κ2) is 7.01. The maximum atomic E-state index is 11.5. The number of anilines is 2. The quantitative estimate of drug-likeness (QED) is 0.663. The molecule has 1 heterocycles. The summed E-state index contributed by atoms with van der Waals surface area (Å²) in [5.41, 5.74) is 5.28. The fraction of sp³-hybridized carbons (Fsp3) is 0.333. The highest BCUT2D eigenvalue weighted by molar-refractivity contribution is 6.29. The molecule has 1 aliphatic carbocycles. The molecule has 2 aromatic rings. The highest BCUT2D eigenvalue weighted by Gasteiger charge is 2.17. The first-order valence-electron chi connectivity index (χ1n) is 7.85. The summed E-state index contributed by atoms with van der Waals surface area (Å²) in [5, 5.41) is 3.93. The largest absolute Gasteiger partial charge is 0.466 e. The zero-order chi connectivity index (χ0) is 16.2. The second-order valence-electron chi connectivity index (χ2n) is 5.58. The SMILES string of the molecule is CCOC(=O)Cc1ccc(Nc2cc(Cl)nc3c2CCC3)cc1. The van der Waals surface area contributed by atoms with Crippen molar-refractivity contribution in [1.29, 1.82) is 0 Å². The van der Waals surface area contributed by atoms with Crippen LogP contribution in [0.1, 0.15) is 30.2 Å². The monoisotopic (exact) mass is 330 g/mol. The summed E-state index contributed by atoms with van der Waals surface area (Å²) in [6.45, 7) is 2.22. The van der Waals surface area contributed by atoms with Crippen LogP contribution in [0, 0.1) is 0 Å². The third-order valence-corrected chi connectivity index (χ3v) is 4.10. The minimum Gasteiger partial charge on any atom is -0.466 e. The van der Waals surface area contributed by atoms with E-state index in [0.717, 1.165) is 41.9 Å². The van der Waals surface area contributed by atoms with Crippen LogP contribution < -0.4 is 5.32 Å². The number of ether oxygens (including phenoxy) is 1. The molecule has 3 rings (SSSR count). The molecule has 0 amide bonds. The Bertz CT molecular complexity index is 714. The topological polar surface area (TPSA) is 51.2 Å². The fourth-order valence-electron chi connectivity index (χ4n) is 2.86. The summed E-state index contributed by atoms with van der Waals surface area (Å²) in [4.78, 5) is 15.9. The average Bonchev–Trinajstić information content (AvgIpc) is 2.98. The second-order valence-corrected chi connectivity index (χ2v) is 5.96. The Morgan fingerprint density at radius 1 is 1.30 bits per heavy atom. The van der Waals surface area contributed by atoms with Gasteiger partial charge in [0.1, 0.15) is 5.15 Å². The van der Waals surface area contributed by atoms with Gasteiger partial charge in [0.25, 0.3) is 0 Å². The lowest BCUT2D eigenvalue weighted by molar-refractivity contribution is -0.142. The average molecular weight is 331 g/mol. The van der Waals surface area contributed by atoms with Crippen LogP contribution in [-0.2, 0) is 28.8 Å². The molecule has 1 aromatic heterocycles. The van der Waals surface area contributed by atoms with Gasteiger partial charge in [-0.3, -0.25) is 4.79 Å². The molecule has 0 unspecified atom stereocenters. The first kappa shape index (κ1) is 15.8. The number of hydrogen-bond donors (Lipinski definition) is 1. The van der Waals surface area contributed by atoms with Crippen molar-refractivity contribution in [3.63, 3.8) is 0 Å². The number of halogens is 1. The molecule has 1 aromatic carbocycles. The Morgan fingerprint density at radius 3 is 2.83 bits per heavy atom. The molecule has 5 heteroatoms. The summed E-state index contributed by atoms with van der Waals surface area (Å²) < 4.78 is 4.96. The normalized spacial score (nSPS) is 12.8. The van der Waals surface area contributed by atoms with E-state index in [9.17, 15) is 4.79 Å². The molecule has 0 radical (unpaired) electrons. The van der Waals surface area contributed by atoms with Gasteiger partial charge in [-0.2, -0.15) is 0 Å². The van der Waals surface area contributed by atoms with E-state index in [-0.39, 0.29) is 5.97 Å². The van der Waals surface area contributed by atoms with E-state index in [4.69, 9.17) is 16.3 Å². The number of esters is 1. The van der Waals surface area contributed by atoms with Crippen molar-refractivity contribution in [2.75, 3.05) is 11.9 Å². The maximum Gasteiger partial charge on any atom is 0.310 e. The Morgan fingerprint density at radius 2 is 2.09 bits per heavy atom. The van der Waals surface area contributed by atoms with E-state index in [1.165, 1.54) is 5.56 Å². The molecular weight excluding hydrogens is 312 g/mol. The number of hydrogen-bond acceptors (Lipinski definition) is 4. The van der Waals surface area contributed by atoms with Crippen LogP contribution >= 0.6 is 11.6 Å². The number of nitrogens with one attached hydrogen (secondary N) is 1. The van der Waals surface area contributed by atoms with Gasteiger partial charge in [0.05, 0.1) is 13.0 Å². The Hall–Kier alpha value is -2.07. The lowest BCUT2D eigenvalue weighted by atomic mass is 10.1. The molecule has 0 saturated carbocycles. The summed E-state index contributed by atoms with van der Waals surface area (Å²) in [7, 11) is 0. The predicted molar refractivity (Wildman–Crippen MR) is 91.3 cm³/mol. The van der Waals surface area contributed by atoms with E-state index in [0.29, 0.717) is 18.2 Å². The molecule has 4 nitrogen and oxygen atoms in total. The fourth-order valence-corrected chi connectivity index (χ4v) is 3.07. The minimum absolute atomic E-state index is 0.202. The van der Waals surface area contributed by atoms with Crippen molar-refractivity contribution in [1.82, 2.24) is 4.98 Å². The number of carbonyl (C=O) groups excluding carboxylic acids is 1. The standard InChI is InChI=1S/C18H19ClN2O2/c1-2-23-18(22)10-12-6-8-13(9-7-12)20-16-11-17(19)21-15-5-3-4-14(15)16/h6-9,11H,2-5,10H2,1H3,(H,20,21). The van der Waals surface area contributed by atoms with E-state index in [1.807, 2.05) is 37.3 Å². The zero-order valence-corrected chi connectivity index (χ0v) is 13.8. The third kappa shape index (κ3) is 3.82. The molecule has 0 saturated heterocycles. The van der Waals surface area contributed by atoms with Crippen molar-refractivity contribution < 1.29 is 9.53 Å². The van der Waals surface area contributed by atoms with Crippen LogP contribution in [0.4, 0.5) is 11.4 Å². The van der Waals surface area contributed by atoms with Crippen molar-refractivity contribution in [3.8, 4) is 0 Å². The lowest BCUT2D eigenvalue weighted by Crippen LogP contribution is -2.07. The van der Waals surface area contributed by atoms with Crippen molar-refractivity contribution in [3.05, 3.63) is 52.3 Å². The minimum atomic E-state index is -0.202. The first-order valence-corrected chi connectivity index (χ1v) is 8.23. The van der Waals surface area contributed by atoms with Crippen LogP contribution in [0.15, 0.2) is 30.3 Å². The summed E-state index contributed by atoms with van der Waals surface area (Å²) >= 11 is 6.10. The molecule has 120 valence electrons. The highest BCUT2D eigenvalue weighted by atomic mass is 35.5.